The number of hydrogen-bond donors (Lipinski definition) is 0. The van der Waals surface area contributed by atoms with Crippen molar-refractivity contribution in [1.29, 1.82) is 0 Å². The third kappa shape index (κ3) is 3.74. The highest BCUT2D eigenvalue weighted by Gasteiger charge is 2.06. The number of benzene rings is 3. The van der Waals surface area contributed by atoms with E-state index in [9.17, 15) is 4.79 Å². The first kappa shape index (κ1) is 14.8. The maximum Gasteiger partial charge on any atom is 0.187 e. The summed E-state index contributed by atoms with van der Waals surface area (Å²) in [7, 11) is 0. The number of nitrogens with zero attached hydrogens (tertiary/aromatic N) is 1. The van der Waals surface area contributed by atoms with Gasteiger partial charge in [0.05, 0.1) is 0 Å². The molecule has 0 bridgehead atoms. The Labute approximate surface area is 136 Å². The number of anilines is 2. The maximum atomic E-state index is 12.3. The number of para-hydroxylation sites is 2. The van der Waals surface area contributed by atoms with Gasteiger partial charge in [0.15, 0.2) is 5.78 Å². The third-order valence-corrected chi connectivity index (χ3v) is 3.50. The van der Waals surface area contributed by atoms with Gasteiger partial charge >= 0.3 is 0 Å². The van der Waals surface area contributed by atoms with Crippen LogP contribution in [0.4, 0.5) is 11.4 Å². The van der Waals surface area contributed by atoms with E-state index < -0.39 is 0 Å². The number of ketones is 1. The Morgan fingerprint density at radius 1 is 0.652 bits per heavy atom. The van der Waals surface area contributed by atoms with Gasteiger partial charge in [-0.3, -0.25) is 4.79 Å². The van der Waals surface area contributed by atoms with E-state index in [0.717, 1.165) is 11.4 Å². The van der Waals surface area contributed by atoms with E-state index in [2.05, 4.69) is 0 Å². The van der Waals surface area contributed by atoms with Crippen LogP contribution in [0.5, 0.6) is 0 Å². The van der Waals surface area contributed by atoms with E-state index in [1.54, 1.807) is 6.08 Å². The first-order valence-corrected chi connectivity index (χ1v) is 7.51. The maximum absolute atomic E-state index is 12.3. The molecule has 0 aromatic heterocycles. The smallest absolute Gasteiger partial charge is 0.187 e. The first-order chi connectivity index (χ1) is 11.3. The highest BCUT2D eigenvalue weighted by atomic mass is 16.1. The lowest BCUT2D eigenvalue weighted by Crippen LogP contribution is -2.09. The Morgan fingerprint density at radius 2 is 1.09 bits per heavy atom. The van der Waals surface area contributed by atoms with Crippen LogP contribution in [0.1, 0.15) is 10.4 Å². The van der Waals surface area contributed by atoms with Crippen molar-refractivity contribution >= 4 is 17.2 Å². The minimum absolute atomic E-state index is 0.0116. The Morgan fingerprint density at radius 3 is 1.57 bits per heavy atom. The molecular formula is C21H17NO. The van der Waals surface area contributed by atoms with Gasteiger partial charge < -0.3 is 4.90 Å². The van der Waals surface area contributed by atoms with Gasteiger partial charge in [-0.15, -0.1) is 0 Å². The summed E-state index contributed by atoms with van der Waals surface area (Å²) in [6, 6.07) is 29.2. The lowest BCUT2D eigenvalue weighted by molar-refractivity contribution is 0.104. The summed E-state index contributed by atoms with van der Waals surface area (Å²) in [5, 5.41) is 0. The van der Waals surface area contributed by atoms with Gasteiger partial charge in [0, 0.05) is 29.2 Å². The minimum Gasteiger partial charge on any atom is -0.317 e. The average molecular weight is 299 g/mol. The van der Waals surface area contributed by atoms with Crippen molar-refractivity contribution in [3.05, 3.63) is 109 Å². The number of carbonyl (C=O) groups is 1. The zero-order valence-corrected chi connectivity index (χ0v) is 12.7. The van der Waals surface area contributed by atoms with Crippen LogP contribution < -0.4 is 4.90 Å². The molecule has 0 radical (unpaired) electrons. The second-order valence-corrected chi connectivity index (χ2v) is 5.09. The number of rotatable bonds is 5. The topological polar surface area (TPSA) is 20.3 Å². The summed E-state index contributed by atoms with van der Waals surface area (Å²) < 4.78 is 0. The van der Waals surface area contributed by atoms with Crippen LogP contribution >= 0.6 is 0 Å². The number of allylic oxidation sites excluding steroid dienone is 1. The third-order valence-electron chi connectivity index (χ3n) is 3.50. The quantitative estimate of drug-likeness (QED) is 0.475. The Balaban J connectivity index is 1.91. The zero-order valence-electron chi connectivity index (χ0n) is 12.7. The lowest BCUT2D eigenvalue weighted by Gasteiger charge is -2.20. The number of hydrogen-bond acceptors (Lipinski definition) is 2. The van der Waals surface area contributed by atoms with E-state index in [4.69, 9.17) is 0 Å². The lowest BCUT2D eigenvalue weighted by atomic mass is 10.1. The molecule has 3 rings (SSSR count). The molecule has 0 aliphatic heterocycles. The van der Waals surface area contributed by atoms with Gasteiger partial charge in [0.1, 0.15) is 0 Å². The fourth-order valence-electron chi connectivity index (χ4n) is 2.34. The number of carbonyl (C=O) groups excluding carboxylic acids is 1. The monoisotopic (exact) mass is 299 g/mol. The molecule has 2 heteroatoms. The standard InChI is InChI=1S/C21H17NO/c23-21(18-10-4-1-5-11-18)16-17-22(19-12-6-2-7-13-19)20-14-8-3-9-15-20/h1-17H/b17-16-. The van der Waals surface area contributed by atoms with Crippen molar-refractivity contribution in [1.82, 2.24) is 0 Å². The summed E-state index contributed by atoms with van der Waals surface area (Å²) in [6.45, 7) is 0. The molecule has 0 saturated heterocycles. The van der Waals surface area contributed by atoms with Crippen LogP contribution in [0.15, 0.2) is 103 Å². The molecule has 23 heavy (non-hydrogen) atoms. The molecular weight excluding hydrogens is 282 g/mol. The Bertz CT molecular complexity index is 740. The minimum atomic E-state index is -0.0116. The predicted molar refractivity (Wildman–Crippen MR) is 94.9 cm³/mol. The molecule has 0 heterocycles. The van der Waals surface area contributed by atoms with E-state index in [0.29, 0.717) is 5.56 Å². The summed E-state index contributed by atoms with van der Waals surface area (Å²) in [4.78, 5) is 14.3. The molecule has 3 aromatic carbocycles. The van der Waals surface area contributed by atoms with Crippen LogP contribution in [0.2, 0.25) is 0 Å². The normalized spacial score (nSPS) is 10.6. The van der Waals surface area contributed by atoms with Crippen molar-refractivity contribution in [2.24, 2.45) is 0 Å². The molecule has 2 nitrogen and oxygen atoms in total. The van der Waals surface area contributed by atoms with E-state index in [1.807, 2.05) is 102 Å². The fraction of sp³-hybridized carbons (Fsp3) is 0. The van der Waals surface area contributed by atoms with Crippen molar-refractivity contribution in [2.45, 2.75) is 0 Å². The molecule has 0 aliphatic rings. The molecule has 0 N–H and O–H groups in total. The van der Waals surface area contributed by atoms with Crippen LogP contribution in [0, 0.1) is 0 Å². The summed E-state index contributed by atoms with van der Waals surface area (Å²) in [5.74, 6) is -0.0116. The molecule has 3 aromatic rings. The molecule has 0 aliphatic carbocycles. The van der Waals surface area contributed by atoms with Crippen LogP contribution in [-0.2, 0) is 0 Å². The van der Waals surface area contributed by atoms with Gasteiger partial charge in [-0.1, -0.05) is 66.7 Å². The second kappa shape index (κ2) is 7.23. The van der Waals surface area contributed by atoms with Crippen molar-refractivity contribution in [2.75, 3.05) is 4.90 Å². The molecule has 0 saturated carbocycles. The SMILES string of the molecule is O=C(/C=C\N(c1ccccc1)c1ccccc1)c1ccccc1. The summed E-state index contributed by atoms with van der Waals surface area (Å²) in [6.07, 6.45) is 3.43. The summed E-state index contributed by atoms with van der Waals surface area (Å²) >= 11 is 0. The van der Waals surface area contributed by atoms with Crippen LogP contribution in [-0.4, -0.2) is 5.78 Å². The van der Waals surface area contributed by atoms with Crippen LogP contribution in [0.25, 0.3) is 0 Å². The molecule has 0 atom stereocenters. The van der Waals surface area contributed by atoms with E-state index in [-0.39, 0.29) is 5.78 Å². The molecule has 112 valence electrons. The molecule has 0 spiro atoms. The van der Waals surface area contributed by atoms with Gasteiger partial charge in [-0.25, -0.2) is 0 Å². The molecule has 0 amide bonds. The van der Waals surface area contributed by atoms with E-state index >= 15 is 0 Å². The summed E-state index contributed by atoms with van der Waals surface area (Å²) in [5.41, 5.74) is 2.71. The average Bonchev–Trinajstić information content (AvgIpc) is 2.64. The highest BCUT2D eigenvalue weighted by Crippen LogP contribution is 2.25. The van der Waals surface area contributed by atoms with Gasteiger partial charge in [-0.05, 0) is 24.3 Å². The van der Waals surface area contributed by atoms with Gasteiger partial charge in [0.2, 0.25) is 0 Å². The Kier molecular flexibility index (Phi) is 4.65. The Hall–Kier alpha value is -3.13. The first-order valence-electron chi connectivity index (χ1n) is 7.51. The largest absolute Gasteiger partial charge is 0.317 e. The molecule has 0 unspecified atom stereocenters. The van der Waals surface area contributed by atoms with Crippen molar-refractivity contribution in [3.63, 3.8) is 0 Å². The second-order valence-electron chi connectivity index (χ2n) is 5.09. The molecule has 0 fully saturated rings. The van der Waals surface area contributed by atoms with Crippen molar-refractivity contribution < 1.29 is 4.79 Å². The van der Waals surface area contributed by atoms with Gasteiger partial charge in [-0.2, -0.15) is 0 Å². The van der Waals surface area contributed by atoms with Crippen LogP contribution in [0.3, 0.4) is 0 Å². The fourth-order valence-corrected chi connectivity index (χ4v) is 2.34. The zero-order chi connectivity index (χ0) is 15.9. The predicted octanol–water partition coefficient (Wildman–Crippen LogP) is 5.22. The van der Waals surface area contributed by atoms with E-state index in [1.165, 1.54) is 0 Å². The van der Waals surface area contributed by atoms with Crippen molar-refractivity contribution in [3.8, 4) is 0 Å². The van der Waals surface area contributed by atoms with Gasteiger partial charge in [0.25, 0.3) is 0 Å². The highest BCUT2D eigenvalue weighted by molar-refractivity contribution is 6.04.